The van der Waals surface area contributed by atoms with Gasteiger partial charge in [-0.2, -0.15) is 0 Å². The van der Waals surface area contributed by atoms with Gasteiger partial charge in [-0.15, -0.1) is 0 Å². The Balaban J connectivity index is 3.12. The summed E-state index contributed by atoms with van der Waals surface area (Å²) in [6, 6.07) is 0. The van der Waals surface area contributed by atoms with Gasteiger partial charge in [0.05, 0.1) is 6.61 Å². The number of carbonyl (C=O) groups excluding carboxylic acids is 1. The van der Waals surface area contributed by atoms with E-state index in [1.54, 1.807) is 0 Å². The standard InChI is InChI=1S/C19H38O3/c1-3-5-7-9-11-13-15-19(20)22-18-17-21-16-14-12-10-8-6-4-2/h3-18H2,1-2H3. The molecule has 0 aromatic heterocycles. The second kappa shape index (κ2) is 18.5. The predicted octanol–water partition coefficient (Wildman–Crippen LogP) is 5.66. The molecule has 3 nitrogen and oxygen atoms in total. The molecule has 0 aliphatic carbocycles. The molecule has 132 valence electrons. The first-order valence-electron chi connectivity index (χ1n) is 9.54. The molecule has 0 saturated carbocycles. The average Bonchev–Trinajstić information content (AvgIpc) is 2.52. The molecule has 0 aliphatic rings. The molecule has 0 aromatic rings. The predicted molar refractivity (Wildman–Crippen MR) is 93.1 cm³/mol. The molecule has 0 unspecified atom stereocenters. The van der Waals surface area contributed by atoms with E-state index in [0.29, 0.717) is 19.6 Å². The van der Waals surface area contributed by atoms with Crippen molar-refractivity contribution in [3.8, 4) is 0 Å². The number of ether oxygens (including phenoxy) is 2. The summed E-state index contributed by atoms with van der Waals surface area (Å²) in [5.41, 5.74) is 0. The average molecular weight is 315 g/mol. The molecule has 0 saturated heterocycles. The highest BCUT2D eigenvalue weighted by atomic mass is 16.6. The minimum Gasteiger partial charge on any atom is -0.463 e. The molecule has 0 spiro atoms. The van der Waals surface area contributed by atoms with Crippen LogP contribution in [0, 0.1) is 0 Å². The summed E-state index contributed by atoms with van der Waals surface area (Å²) in [5, 5.41) is 0. The van der Waals surface area contributed by atoms with E-state index in [2.05, 4.69) is 13.8 Å². The van der Waals surface area contributed by atoms with Gasteiger partial charge in [0.25, 0.3) is 0 Å². The van der Waals surface area contributed by atoms with Gasteiger partial charge in [-0.3, -0.25) is 4.79 Å². The maximum Gasteiger partial charge on any atom is 0.305 e. The largest absolute Gasteiger partial charge is 0.463 e. The van der Waals surface area contributed by atoms with Crippen LogP contribution in [0.3, 0.4) is 0 Å². The zero-order valence-corrected chi connectivity index (χ0v) is 15.0. The van der Waals surface area contributed by atoms with E-state index in [-0.39, 0.29) is 5.97 Å². The van der Waals surface area contributed by atoms with Crippen LogP contribution < -0.4 is 0 Å². The van der Waals surface area contributed by atoms with Crippen LogP contribution in [-0.2, 0) is 14.3 Å². The fourth-order valence-corrected chi connectivity index (χ4v) is 2.42. The Morgan fingerprint density at radius 2 is 1.18 bits per heavy atom. The summed E-state index contributed by atoms with van der Waals surface area (Å²) < 4.78 is 10.6. The monoisotopic (exact) mass is 314 g/mol. The summed E-state index contributed by atoms with van der Waals surface area (Å²) in [5.74, 6) is -0.0707. The van der Waals surface area contributed by atoms with Gasteiger partial charge in [-0.05, 0) is 12.8 Å². The van der Waals surface area contributed by atoms with Crippen LogP contribution in [0.2, 0.25) is 0 Å². The zero-order chi connectivity index (χ0) is 16.3. The lowest BCUT2D eigenvalue weighted by atomic mass is 10.1. The number of hydrogen-bond donors (Lipinski definition) is 0. The molecule has 0 radical (unpaired) electrons. The number of unbranched alkanes of at least 4 members (excludes halogenated alkanes) is 10. The fraction of sp³-hybridized carbons (Fsp3) is 0.947. The fourth-order valence-electron chi connectivity index (χ4n) is 2.42. The second-order valence-electron chi connectivity index (χ2n) is 6.12. The van der Waals surface area contributed by atoms with Gasteiger partial charge in [0.1, 0.15) is 6.61 Å². The lowest BCUT2D eigenvalue weighted by Gasteiger charge is -2.06. The van der Waals surface area contributed by atoms with Crippen LogP contribution in [0.1, 0.15) is 97.3 Å². The lowest BCUT2D eigenvalue weighted by Crippen LogP contribution is -2.10. The van der Waals surface area contributed by atoms with E-state index >= 15 is 0 Å². The van der Waals surface area contributed by atoms with Crippen LogP contribution in [0.25, 0.3) is 0 Å². The normalized spacial score (nSPS) is 10.8. The number of esters is 1. The van der Waals surface area contributed by atoms with Crippen molar-refractivity contribution >= 4 is 5.97 Å². The van der Waals surface area contributed by atoms with Crippen molar-refractivity contribution in [2.24, 2.45) is 0 Å². The Kier molecular flexibility index (Phi) is 18.0. The summed E-state index contributed by atoms with van der Waals surface area (Å²) in [6.07, 6.45) is 15.4. The molecule has 0 N–H and O–H groups in total. The highest BCUT2D eigenvalue weighted by molar-refractivity contribution is 5.69. The highest BCUT2D eigenvalue weighted by Crippen LogP contribution is 2.07. The van der Waals surface area contributed by atoms with E-state index in [1.165, 1.54) is 57.8 Å². The Morgan fingerprint density at radius 1 is 0.636 bits per heavy atom. The van der Waals surface area contributed by atoms with Crippen LogP contribution in [0.4, 0.5) is 0 Å². The first kappa shape index (κ1) is 21.4. The molecule has 22 heavy (non-hydrogen) atoms. The molecule has 0 rings (SSSR count). The quantitative estimate of drug-likeness (QED) is 0.257. The Hall–Kier alpha value is -0.570. The van der Waals surface area contributed by atoms with Gasteiger partial charge < -0.3 is 9.47 Å². The Labute approximate surface area is 138 Å². The second-order valence-corrected chi connectivity index (χ2v) is 6.12. The molecule has 0 aromatic carbocycles. The summed E-state index contributed by atoms with van der Waals surface area (Å²) in [7, 11) is 0. The van der Waals surface area contributed by atoms with Crippen molar-refractivity contribution in [3.63, 3.8) is 0 Å². The first-order valence-corrected chi connectivity index (χ1v) is 9.54. The van der Waals surface area contributed by atoms with Gasteiger partial charge in [0.2, 0.25) is 0 Å². The van der Waals surface area contributed by atoms with E-state index in [0.717, 1.165) is 25.9 Å². The summed E-state index contributed by atoms with van der Waals surface area (Å²) in [4.78, 5) is 11.5. The maximum absolute atomic E-state index is 11.5. The Morgan fingerprint density at radius 3 is 1.82 bits per heavy atom. The van der Waals surface area contributed by atoms with Crippen LogP contribution >= 0.6 is 0 Å². The summed E-state index contributed by atoms with van der Waals surface area (Å²) >= 11 is 0. The third kappa shape index (κ3) is 17.5. The van der Waals surface area contributed by atoms with Crippen molar-refractivity contribution in [3.05, 3.63) is 0 Å². The minimum atomic E-state index is -0.0707. The number of hydrogen-bond acceptors (Lipinski definition) is 3. The van der Waals surface area contributed by atoms with E-state index < -0.39 is 0 Å². The molecule has 0 heterocycles. The smallest absolute Gasteiger partial charge is 0.305 e. The van der Waals surface area contributed by atoms with Crippen LogP contribution in [0.15, 0.2) is 0 Å². The molecular weight excluding hydrogens is 276 g/mol. The van der Waals surface area contributed by atoms with E-state index in [1.807, 2.05) is 0 Å². The highest BCUT2D eigenvalue weighted by Gasteiger charge is 2.02. The molecule has 3 heteroatoms. The van der Waals surface area contributed by atoms with Crippen molar-refractivity contribution in [1.82, 2.24) is 0 Å². The van der Waals surface area contributed by atoms with Gasteiger partial charge in [0.15, 0.2) is 0 Å². The van der Waals surface area contributed by atoms with E-state index in [9.17, 15) is 4.79 Å². The Bertz CT molecular complexity index is 229. The zero-order valence-electron chi connectivity index (χ0n) is 15.0. The molecule has 0 amide bonds. The van der Waals surface area contributed by atoms with Gasteiger partial charge in [-0.1, -0.05) is 78.1 Å². The molecule has 0 bridgehead atoms. The molecule has 0 atom stereocenters. The van der Waals surface area contributed by atoms with Gasteiger partial charge in [-0.25, -0.2) is 0 Å². The van der Waals surface area contributed by atoms with Crippen LogP contribution in [0.5, 0.6) is 0 Å². The SMILES string of the molecule is CCCCCCCCOCCOC(=O)CCCCCCCC. The van der Waals surface area contributed by atoms with Gasteiger partial charge in [0, 0.05) is 13.0 Å². The van der Waals surface area contributed by atoms with Crippen molar-refractivity contribution in [1.29, 1.82) is 0 Å². The third-order valence-electron chi connectivity index (χ3n) is 3.87. The number of rotatable bonds is 17. The van der Waals surface area contributed by atoms with Crippen molar-refractivity contribution in [2.75, 3.05) is 19.8 Å². The van der Waals surface area contributed by atoms with Crippen molar-refractivity contribution in [2.45, 2.75) is 97.3 Å². The molecule has 0 aliphatic heterocycles. The molecular formula is C19H38O3. The molecule has 0 fully saturated rings. The third-order valence-corrected chi connectivity index (χ3v) is 3.87. The number of carbonyl (C=O) groups is 1. The van der Waals surface area contributed by atoms with E-state index in [4.69, 9.17) is 9.47 Å². The topological polar surface area (TPSA) is 35.5 Å². The maximum atomic E-state index is 11.5. The van der Waals surface area contributed by atoms with Crippen LogP contribution in [-0.4, -0.2) is 25.8 Å². The summed E-state index contributed by atoms with van der Waals surface area (Å²) in [6.45, 7) is 6.19. The minimum absolute atomic E-state index is 0.0707. The van der Waals surface area contributed by atoms with Gasteiger partial charge >= 0.3 is 5.97 Å². The van der Waals surface area contributed by atoms with Crippen molar-refractivity contribution < 1.29 is 14.3 Å². The first-order chi connectivity index (χ1) is 10.8. The lowest BCUT2D eigenvalue weighted by molar-refractivity contribution is -0.145.